The van der Waals surface area contributed by atoms with E-state index in [0.717, 1.165) is 17.5 Å². The van der Waals surface area contributed by atoms with Crippen LogP contribution >= 0.6 is 11.8 Å². The lowest BCUT2D eigenvalue weighted by Gasteiger charge is -2.37. The maximum absolute atomic E-state index is 14.4. The zero-order chi connectivity index (χ0) is 28.6. The molecule has 3 aliphatic heterocycles. The summed E-state index contributed by atoms with van der Waals surface area (Å²) in [5.41, 5.74) is 2.30. The lowest BCUT2D eigenvalue weighted by atomic mass is 9.70. The molecular weight excluding hydrogens is 538 g/mol. The number of fused-ring (bicyclic) bond motifs is 1. The molecule has 3 fully saturated rings. The zero-order valence-electron chi connectivity index (χ0n) is 22.7. The van der Waals surface area contributed by atoms with Gasteiger partial charge in [-0.3, -0.25) is 14.4 Å². The molecule has 3 aromatic carbocycles. The van der Waals surface area contributed by atoms with Gasteiger partial charge in [-0.2, -0.15) is 0 Å². The molecule has 6 atom stereocenters. The molecule has 1 spiro atoms. The van der Waals surface area contributed by atoms with E-state index in [1.54, 1.807) is 48.0 Å². The van der Waals surface area contributed by atoms with Crippen molar-refractivity contribution in [2.75, 3.05) is 19.0 Å². The van der Waals surface area contributed by atoms with Gasteiger partial charge >= 0.3 is 0 Å². The van der Waals surface area contributed by atoms with Gasteiger partial charge in [0, 0.05) is 17.5 Å². The Morgan fingerprint density at radius 2 is 1.71 bits per heavy atom. The third-order valence-electron chi connectivity index (χ3n) is 8.65. The van der Waals surface area contributed by atoms with Gasteiger partial charge in [0.05, 0.1) is 36.3 Å². The SMILES string of the molecule is COc1ccc(NC(=O)C2N([C@H](CO)c3ccccc3)C(=O)[C@@H]3[C@H](C(=O)NCc4ccccc4)[C@@H]4CCC23S4)cc1. The largest absolute Gasteiger partial charge is 0.497 e. The van der Waals surface area contributed by atoms with Crippen LogP contribution in [-0.4, -0.2) is 57.5 Å². The summed E-state index contributed by atoms with van der Waals surface area (Å²) < 4.78 is 4.47. The van der Waals surface area contributed by atoms with Gasteiger partial charge in [0.1, 0.15) is 11.8 Å². The lowest BCUT2D eigenvalue weighted by Crippen LogP contribution is -2.52. The van der Waals surface area contributed by atoms with Crippen molar-refractivity contribution in [3.8, 4) is 5.75 Å². The molecule has 0 aliphatic carbocycles. The van der Waals surface area contributed by atoms with E-state index in [-0.39, 0.29) is 29.6 Å². The molecule has 2 bridgehead atoms. The number of likely N-dealkylation sites (tertiary alicyclic amines) is 1. The van der Waals surface area contributed by atoms with Crippen molar-refractivity contribution in [2.45, 2.75) is 41.5 Å². The standard InChI is InChI=1S/C32H33N3O5S/c1-40-23-14-12-22(13-15-23)34-30(38)28-32-17-16-25(41-32)26(29(37)33-18-20-8-4-2-5-9-20)27(32)31(39)35(28)24(19-36)21-10-6-3-7-11-21/h2-15,24-28,36H,16-19H2,1H3,(H,33,37)(H,34,38)/t24-,25+,26-,27+,28?,32?/m1/s1. The van der Waals surface area contributed by atoms with Crippen LogP contribution in [-0.2, 0) is 20.9 Å². The highest BCUT2D eigenvalue weighted by Gasteiger charge is 2.74. The number of hydrogen-bond acceptors (Lipinski definition) is 6. The summed E-state index contributed by atoms with van der Waals surface area (Å²) in [5.74, 6) is -1.29. The van der Waals surface area contributed by atoms with Crippen LogP contribution in [0.3, 0.4) is 0 Å². The molecule has 41 heavy (non-hydrogen) atoms. The number of nitrogens with zero attached hydrogens (tertiary/aromatic N) is 1. The van der Waals surface area contributed by atoms with E-state index in [1.165, 1.54) is 0 Å². The number of nitrogens with one attached hydrogen (secondary N) is 2. The fourth-order valence-corrected chi connectivity index (χ4v) is 9.05. The zero-order valence-corrected chi connectivity index (χ0v) is 23.6. The van der Waals surface area contributed by atoms with Crippen LogP contribution in [0.1, 0.15) is 30.0 Å². The molecule has 212 valence electrons. The number of aliphatic hydroxyl groups excluding tert-OH is 1. The first-order chi connectivity index (χ1) is 20.0. The summed E-state index contributed by atoms with van der Waals surface area (Å²) in [5, 5.41) is 16.6. The molecule has 3 N–H and O–H groups in total. The van der Waals surface area contributed by atoms with Crippen LogP contribution in [0.4, 0.5) is 5.69 Å². The van der Waals surface area contributed by atoms with Gasteiger partial charge in [0.2, 0.25) is 17.7 Å². The second kappa shape index (κ2) is 11.2. The van der Waals surface area contributed by atoms with Crippen LogP contribution in [0.5, 0.6) is 5.75 Å². The third kappa shape index (κ3) is 4.77. The summed E-state index contributed by atoms with van der Waals surface area (Å²) in [6, 6.07) is 24.4. The van der Waals surface area contributed by atoms with Gasteiger partial charge in [0.25, 0.3) is 0 Å². The van der Waals surface area contributed by atoms with E-state index >= 15 is 0 Å². The molecule has 3 heterocycles. The second-order valence-electron chi connectivity index (χ2n) is 10.8. The van der Waals surface area contributed by atoms with Crippen LogP contribution in [0.25, 0.3) is 0 Å². The first-order valence-corrected chi connectivity index (χ1v) is 14.8. The quantitative estimate of drug-likeness (QED) is 0.361. The Kier molecular flexibility index (Phi) is 7.48. The molecule has 3 amide bonds. The number of ether oxygens (including phenoxy) is 1. The summed E-state index contributed by atoms with van der Waals surface area (Å²) >= 11 is 1.61. The number of carbonyl (C=O) groups excluding carboxylic acids is 3. The van der Waals surface area contributed by atoms with Crippen LogP contribution in [0, 0.1) is 11.8 Å². The van der Waals surface area contributed by atoms with Crippen molar-refractivity contribution in [3.05, 3.63) is 96.1 Å². The number of amides is 3. The molecule has 3 aliphatic rings. The second-order valence-corrected chi connectivity index (χ2v) is 12.4. The van der Waals surface area contributed by atoms with Crippen molar-refractivity contribution >= 4 is 35.2 Å². The fourth-order valence-electron chi connectivity index (χ4n) is 6.84. The first kappa shape index (κ1) is 27.4. The average molecular weight is 572 g/mol. The van der Waals surface area contributed by atoms with E-state index in [2.05, 4.69) is 10.6 Å². The molecule has 8 nitrogen and oxygen atoms in total. The van der Waals surface area contributed by atoms with Crippen molar-refractivity contribution in [1.29, 1.82) is 0 Å². The number of benzene rings is 3. The molecule has 2 unspecified atom stereocenters. The summed E-state index contributed by atoms with van der Waals surface area (Å²) in [6.07, 6.45) is 1.39. The Labute approximate surface area is 243 Å². The minimum absolute atomic E-state index is 0.0533. The van der Waals surface area contributed by atoms with E-state index < -0.39 is 28.7 Å². The summed E-state index contributed by atoms with van der Waals surface area (Å²) in [7, 11) is 1.58. The van der Waals surface area contributed by atoms with Crippen molar-refractivity contribution in [3.63, 3.8) is 0 Å². The van der Waals surface area contributed by atoms with Gasteiger partial charge < -0.3 is 25.4 Å². The fraction of sp³-hybridized carbons (Fsp3) is 0.344. The van der Waals surface area contributed by atoms with E-state index in [9.17, 15) is 19.5 Å². The van der Waals surface area contributed by atoms with Crippen molar-refractivity contribution in [1.82, 2.24) is 10.2 Å². The number of anilines is 1. The van der Waals surface area contributed by atoms with E-state index in [0.29, 0.717) is 24.4 Å². The highest BCUT2D eigenvalue weighted by molar-refractivity contribution is 8.02. The first-order valence-electron chi connectivity index (χ1n) is 13.9. The lowest BCUT2D eigenvalue weighted by molar-refractivity contribution is -0.142. The maximum atomic E-state index is 14.4. The molecule has 0 radical (unpaired) electrons. The Bertz CT molecular complexity index is 1420. The number of rotatable bonds is 9. The van der Waals surface area contributed by atoms with Crippen LogP contribution in [0.2, 0.25) is 0 Å². The van der Waals surface area contributed by atoms with E-state index in [4.69, 9.17) is 4.74 Å². The number of methoxy groups -OCH3 is 1. The maximum Gasteiger partial charge on any atom is 0.248 e. The molecule has 3 saturated heterocycles. The number of thioether (sulfide) groups is 1. The molecule has 6 rings (SSSR count). The Hall–Kier alpha value is -3.82. The van der Waals surface area contributed by atoms with Gasteiger partial charge in [-0.25, -0.2) is 0 Å². The van der Waals surface area contributed by atoms with Crippen LogP contribution < -0.4 is 15.4 Å². The topological polar surface area (TPSA) is 108 Å². The Morgan fingerprint density at radius 3 is 2.37 bits per heavy atom. The smallest absolute Gasteiger partial charge is 0.248 e. The van der Waals surface area contributed by atoms with Crippen molar-refractivity contribution < 1.29 is 24.2 Å². The molecule has 0 aromatic heterocycles. The minimum Gasteiger partial charge on any atom is -0.497 e. The molecule has 3 aromatic rings. The monoisotopic (exact) mass is 571 g/mol. The minimum atomic E-state index is -0.860. The Morgan fingerprint density at radius 1 is 1.02 bits per heavy atom. The van der Waals surface area contributed by atoms with Gasteiger partial charge in [-0.15, -0.1) is 11.8 Å². The third-order valence-corrected chi connectivity index (χ3v) is 10.6. The predicted molar refractivity (Wildman–Crippen MR) is 157 cm³/mol. The van der Waals surface area contributed by atoms with Gasteiger partial charge in [-0.1, -0.05) is 60.7 Å². The predicted octanol–water partition coefficient (Wildman–Crippen LogP) is 3.77. The summed E-state index contributed by atoms with van der Waals surface area (Å²) in [4.78, 5) is 43.8. The normalized spacial score (nSPS) is 26.9. The van der Waals surface area contributed by atoms with Crippen LogP contribution in [0.15, 0.2) is 84.9 Å². The molecule has 0 saturated carbocycles. The summed E-state index contributed by atoms with van der Waals surface area (Å²) in [6.45, 7) is 0.0275. The van der Waals surface area contributed by atoms with E-state index in [1.807, 2.05) is 60.7 Å². The van der Waals surface area contributed by atoms with Crippen molar-refractivity contribution in [2.24, 2.45) is 11.8 Å². The number of carbonyl (C=O) groups is 3. The number of hydrogen-bond donors (Lipinski definition) is 3. The highest BCUT2D eigenvalue weighted by Crippen LogP contribution is 2.67. The molecule has 9 heteroatoms. The molecular formula is C32H33N3O5S. The number of aliphatic hydroxyl groups is 1. The Balaban J connectivity index is 1.35. The van der Waals surface area contributed by atoms with Gasteiger partial charge in [0.15, 0.2) is 0 Å². The highest BCUT2D eigenvalue weighted by atomic mass is 32.2. The van der Waals surface area contributed by atoms with Gasteiger partial charge in [-0.05, 0) is 48.2 Å². The average Bonchev–Trinajstić information content (AvgIpc) is 3.65.